The van der Waals surface area contributed by atoms with E-state index in [9.17, 15) is 0 Å². The summed E-state index contributed by atoms with van der Waals surface area (Å²) in [5.41, 5.74) is 0.624. The number of halogens is 3. The third kappa shape index (κ3) is 3.28. The van der Waals surface area contributed by atoms with Gasteiger partial charge in [-0.25, -0.2) is 0 Å². The maximum Gasteiger partial charge on any atom is 0.210 e. The summed E-state index contributed by atoms with van der Waals surface area (Å²) >= 11 is 15.6. The molecule has 21 heavy (non-hydrogen) atoms. The third-order valence-electron chi connectivity index (χ3n) is 3.34. The van der Waals surface area contributed by atoms with E-state index in [1.165, 1.54) is 12.8 Å². The lowest BCUT2D eigenvalue weighted by Gasteiger charge is -2.13. The van der Waals surface area contributed by atoms with Gasteiger partial charge < -0.3 is 9.32 Å². The van der Waals surface area contributed by atoms with Gasteiger partial charge in [-0.1, -0.05) is 29.3 Å². The predicted molar refractivity (Wildman–Crippen MR) is 91.6 cm³/mol. The van der Waals surface area contributed by atoms with E-state index in [2.05, 4.69) is 25.8 Å². The van der Waals surface area contributed by atoms with Gasteiger partial charge in [-0.15, -0.1) is 0 Å². The van der Waals surface area contributed by atoms with Crippen molar-refractivity contribution in [2.75, 3.05) is 18.0 Å². The van der Waals surface area contributed by atoms with E-state index in [4.69, 9.17) is 27.6 Å². The summed E-state index contributed by atoms with van der Waals surface area (Å²) in [6.07, 6.45) is 4.06. The third-order valence-corrected chi connectivity index (χ3v) is 4.72. The van der Waals surface area contributed by atoms with E-state index in [1.54, 1.807) is 12.3 Å². The zero-order valence-corrected chi connectivity index (χ0v) is 14.2. The van der Waals surface area contributed by atoms with Gasteiger partial charge in [0.2, 0.25) is 5.88 Å². The molecule has 0 aliphatic carbocycles. The van der Waals surface area contributed by atoms with Crippen LogP contribution in [0.25, 0.3) is 0 Å². The number of benzene rings is 1. The molecular weight excluding hydrogens is 375 g/mol. The maximum atomic E-state index is 6.11. The first-order chi connectivity index (χ1) is 10.1. The van der Waals surface area contributed by atoms with E-state index in [0.717, 1.165) is 23.4 Å². The average Bonchev–Trinajstić information content (AvgIpc) is 3.09. The van der Waals surface area contributed by atoms with Crippen LogP contribution in [0, 0.1) is 0 Å². The fourth-order valence-corrected chi connectivity index (χ4v) is 3.20. The lowest BCUT2D eigenvalue weighted by Crippen LogP contribution is -2.17. The van der Waals surface area contributed by atoms with Crippen LogP contribution in [0.1, 0.15) is 18.6 Å². The number of nitrogens with zero attached hydrogens (tertiary/aromatic N) is 2. The molecule has 1 aromatic carbocycles. The van der Waals surface area contributed by atoms with Crippen LogP contribution < -0.4 is 4.90 Å². The molecule has 3 rings (SSSR count). The van der Waals surface area contributed by atoms with Crippen LogP contribution in [0.2, 0.25) is 10.0 Å². The van der Waals surface area contributed by atoms with Crippen LogP contribution >= 0.6 is 39.1 Å². The highest BCUT2D eigenvalue weighted by atomic mass is 79.9. The predicted octanol–water partition coefficient (Wildman–Crippen LogP) is 5.70. The maximum absolute atomic E-state index is 6.11. The number of rotatable bonds is 3. The molecule has 2 heterocycles. The van der Waals surface area contributed by atoms with Gasteiger partial charge in [-0.3, -0.25) is 4.99 Å². The van der Waals surface area contributed by atoms with Crippen LogP contribution in [-0.2, 0) is 0 Å². The highest BCUT2D eigenvalue weighted by Gasteiger charge is 2.19. The molecule has 0 unspecified atom stereocenters. The first-order valence-electron chi connectivity index (χ1n) is 6.67. The minimum atomic E-state index is 0.445. The summed E-state index contributed by atoms with van der Waals surface area (Å²) in [5, 5.41) is 0.936. The van der Waals surface area contributed by atoms with Crippen LogP contribution in [0.4, 0.5) is 11.6 Å². The number of aliphatic imine (C=N–C) groups is 1. The molecule has 0 atom stereocenters. The fourth-order valence-electron chi connectivity index (χ4n) is 2.30. The monoisotopic (exact) mass is 386 g/mol. The van der Waals surface area contributed by atoms with E-state index < -0.39 is 0 Å². The largest absolute Gasteiger partial charge is 0.438 e. The van der Waals surface area contributed by atoms with Gasteiger partial charge in [0.1, 0.15) is 5.76 Å². The van der Waals surface area contributed by atoms with Crippen molar-refractivity contribution >= 4 is 56.9 Å². The van der Waals surface area contributed by atoms with Crippen LogP contribution in [-0.4, -0.2) is 19.3 Å². The van der Waals surface area contributed by atoms with Crippen molar-refractivity contribution in [1.29, 1.82) is 0 Å². The van der Waals surface area contributed by atoms with Gasteiger partial charge in [0.15, 0.2) is 0 Å². The van der Waals surface area contributed by atoms with Gasteiger partial charge in [0.25, 0.3) is 0 Å². The van der Waals surface area contributed by atoms with Crippen molar-refractivity contribution < 1.29 is 4.42 Å². The molecule has 0 bridgehead atoms. The molecule has 1 aliphatic rings. The van der Waals surface area contributed by atoms with Gasteiger partial charge in [-0.2, -0.15) is 0 Å². The smallest absolute Gasteiger partial charge is 0.210 e. The van der Waals surface area contributed by atoms with Crippen molar-refractivity contribution in [2.45, 2.75) is 12.8 Å². The van der Waals surface area contributed by atoms with Crippen molar-refractivity contribution in [1.82, 2.24) is 0 Å². The standard InChI is InChI=1S/C15H13BrCl2N2O/c16-11-8-10(21-15(11)20-6-1-2-7-20)9-19-13-5-3-4-12(17)14(13)18/h3-5,8-9H,1-2,6-7H2. The lowest BCUT2D eigenvalue weighted by atomic mass is 10.3. The highest BCUT2D eigenvalue weighted by Crippen LogP contribution is 2.34. The van der Waals surface area contributed by atoms with Gasteiger partial charge >= 0.3 is 0 Å². The SMILES string of the molecule is Clc1cccc(N=Cc2cc(Br)c(N3CCCC3)o2)c1Cl. The normalized spacial score (nSPS) is 15.3. The molecule has 110 valence electrons. The Hall–Kier alpha value is -0.970. The minimum absolute atomic E-state index is 0.445. The number of anilines is 1. The second-order valence-corrected chi connectivity index (χ2v) is 6.47. The summed E-state index contributed by atoms with van der Waals surface area (Å²) in [5.74, 6) is 1.55. The molecule has 2 aromatic rings. The number of hydrogen-bond donors (Lipinski definition) is 0. The summed E-state index contributed by atoms with van der Waals surface area (Å²) < 4.78 is 6.79. The minimum Gasteiger partial charge on any atom is -0.438 e. The molecule has 1 aliphatic heterocycles. The molecule has 0 radical (unpaired) electrons. The van der Waals surface area contributed by atoms with Crippen molar-refractivity contribution in [3.63, 3.8) is 0 Å². The fraction of sp³-hybridized carbons (Fsp3) is 0.267. The Morgan fingerprint density at radius 1 is 1.24 bits per heavy atom. The summed E-state index contributed by atoms with van der Waals surface area (Å²) in [6.45, 7) is 2.06. The molecular formula is C15H13BrCl2N2O. The highest BCUT2D eigenvalue weighted by molar-refractivity contribution is 9.10. The molecule has 6 heteroatoms. The summed E-state index contributed by atoms with van der Waals surface area (Å²) in [4.78, 5) is 6.57. The van der Waals surface area contributed by atoms with Gasteiger partial charge in [0, 0.05) is 19.2 Å². The Labute approximate surface area is 141 Å². The lowest BCUT2D eigenvalue weighted by molar-refractivity contribution is 0.549. The second-order valence-electron chi connectivity index (χ2n) is 4.83. The molecule has 1 fully saturated rings. The quantitative estimate of drug-likeness (QED) is 0.632. The molecule has 0 amide bonds. The Kier molecular flexibility index (Phi) is 4.57. The van der Waals surface area contributed by atoms with E-state index >= 15 is 0 Å². The average molecular weight is 388 g/mol. The van der Waals surface area contributed by atoms with Crippen molar-refractivity contribution in [3.05, 3.63) is 44.5 Å². The molecule has 3 nitrogen and oxygen atoms in total. The van der Waals surface area contributed by atoms with Crippen LogP contribution in [0.5, 0.6) is 0 Å². The summed E-state index contributed by atoms with van der Waals surface area (Å²) in [6, 6.07) is 7.27. The number of hydrogen-bond acceptors (Lipinski definition) is 3. The van der Waals surface area contributed by atoms with Crippen LogP contribution in [0.15, 0.2) is 38.1 Å². The number of furan rings is 1. The van der Waals surface area contributed by atoms with E-state index in [-0.39, 0.29) is 0 Å². The van der Waals surface area contributed by atoms with Gasteiger partial charge in [-0.05, 0) is 40.9 Å². The summed E-state index contributed by atoms with van der Waals surface area (Å²) in [7, 11) is 0. The van der Waals surface area contributed by atoms with Crippen molar-refractivity contribution in [2.24, 2.45) is 4.99 Å². The first kappa shape index (κ1) is 14.9. The van der Waals surface area contributed by atoms with Crippen molar-refractivity contribution in [3.8, 4) is 0 Å². The molecule has 1 aromatic heterocycles. The van der Waals surface area contributed by atoms with E-state index in [1.807, 2.05) is 18.2 Å². The Bertz CT molecular complexity index is 678. The zero-order valence-electron chi connectivity index (χ0n) is 11.2. The van der Waals surface area contributed by atoms with E-state index in [0.29, 0.717) is 21.5 Å². The molecule has 0 saturated carbocycles. The topological polar surface area (TPSA) is 28.7 Å². The molecule has 0 N–H and O–H groups in total. The Morgan fingerprint density at radius 3 is 2.76 bits per heavy atom. The Balaban J connectivity index is 1.83. The van der Waals surface area contributed by atoms with Gasteiger partial charge in [0.05, 0.1) is 26.4 Å². The molecule has 1 saturated heterocycles. The first-order valence-corrected chi connectivity index (χ1v) is 8.22. The van der Waals surface area contributed by atoms with Crippen LogP contribution in [0.3, 0.4) is 0 Å². The Morgan fingerprint density at radius 2 is 2.00 bits per heavy atom. The second kappa shape index (κ2) is 6.42. The molecule has 0 spiro atoms. The zero-order chi connectivity index (χ0) is 14.8.